The fourth-order valence-electron chi connectivity index (χ4n) is 2.88. The topological polar surface area (TPSA) is 75.5 Å². The lowest BCUT2D eigenvalue weighted by Gasteiger charge is -2.09. The lowest BCUT2D eigenvalue weighted by molar-refractivity contribution is 0.0465. The molecule has 0 amide bonds. The lowest BCUT2D eigenvalue weighted by Crippen LogP contribution is -2.11. The summed E-state index contributed by atoms with van der Waals surface area (Å²) in [5.74, 6) is 0.829. The van der Waals surface area contributed by atoms with E-state index in [1.807, 2.05) is 19.9 Å². The van der Waals surface area contributed by atoms with Gasteiger partial charge in [-0.2, -0.15) is 5.10 Å². The van der Waals surface area contributed by atoms with Crippen molar-refractivity contribution in [3.05, 3.63) is 63.0 Å². The quantitative estimate of drug-likeness (QED) is 0.587. The van der Waals surface area contributed by atoms with Gasteiger partial charge < -0.3 is 14.2 Å². The molecule has 0 fully saturated rings. The number of aromatic nitrogens is 3. The highest BCUT2D eigenvalue weighted by Crippen LogP contribution is 2.40. The number of ether oxygens (including phenoxy) is 3. The molecular weight excluding hydrogens is 405 g/mol. The summed E-state index contributed by atoms with van der Waals surface area (Å²) in [4.78, 5) is 16.9. The highest BCUT2D eigenvalue weighted by atomic mass is 35.5. The number of halogens is 2. The van der Waals surface area contributed by atoms with E-state index in [1.54, 1.807) is 28.9 Å². The van der Waals surface area contributed by atoms with E-state index in [0.717, 1.165) is 11.4 Å². The fourth-order valence-corrected chi connectivity index (χ4v) is 3.35. The maximum absolute atomic E-state index is 12.5. The Kier molecular flexibility index (Phi) is 4.87. The van der Waals surface area contributed by atoms with Crippen LogP contribution in [0.5, 0.6) is 11.5 Å². The van der Waals surface area contributed by atoms with E-state index in [-0.39, 0.29) is 24.1 Å². The van der Waals surface area contributed by atoms with Crippen molar-refractivity contribution in [1.29, 1.82) is 0 Å². The Hall–Kier alpha value is -2.77. The predicted octanol–water partition coefficient (Wildman–Crippen LogP) is 4.28. The van der Waals surface area contributed by atoms with Gasteiger partial charge in [0.1, 0.15) is 6.61 Å². The van der Waals surface area contributed by atoms with Gasteiger partial charge in [-0.1, -0.05) is 23.2 Å². The van der Waals surface area contributed by atoms with Gasteiger partial charge in [-0.15, -0.1) is 0 Å². The molecule has 4 rings (SSSR count). The van der Waals surface area contributed by atoms with Crippen LogP contribution in [0.25, 0.3) is 5.82 Å². The van der Waals surface area contributed by atoms with Gasteiger partial charge in [-0.3, -0.25) is 0 Å². The molecule has 0 radical (unpaired) electrons. The number of benzene rings is 1. The van der Waals surface area contributed by atoms with Crippen LogP contribution in [0.1, 0.15) is 27.4 Å². The molecule has 1 aliphatic heterocycles. The van der Waals surface area contributed by atoms with Gasteiger partial charge in [0.25, 0.3) is 0 Å². The molecule has 0 saturated heterocycles. The third-order valence-electron chi connectivity index (χ3n) is 4.11. The first-order valence-corrected chi connectivity index (χ1v) is 9.13. The molecule has 1 aliphatic rings. The van der Waals surface area contributed by atoms with Crippen molar-refractivity contribution in [3.63, 3.8) is 0 Å². The number of carbonyl (C=O) groups is 1. The molecular formula is C19H15Cl2N3O4. The minimum atomic E-state index is -0.651. The third kappa shape index (κ3) is 3.50. The molecule has 9 heteroatoms. The molecule has 7 nitrogen and oxygen atoms in total. The first-order valence-electron chi connectivity index (χ1n) is 8.37. The number of aryl methyl sites for hydroxylation is 2. The van der Waals surface area contributed by atoms with Gasteiger partial charge in [-0.05, 0) is 49.7 Å². The van der Waals surface area contributed by atoms with Crippen molar-refractivity contribution in [3.8, 4) is 17.3 Å². The molecule has 0 N–H and O–H groups in total. The summed E-state index contributed by atoms with van der Waals surface area (Å²) in [5.41, 5.74) is 2.41. The van der Waals surface area contributed by atoms with Crippen LogP contribution >= 0.6 is 23.2 Å². The summed E-state index contributed by atoms with van der Waals surface area (Å²) < 4.78 is 17.6. The zero-order chi connectivity index (χ0) is 19.8. The highest BCUT2D eigenvalue weighted by Gasteiger charge is 2.20. The number of carbonyl (C=O) groups excluding carboxylic acids is 1. The van der Waals surface area contributed by atoms with E-state index in [2.05, 4.69) is 10.1 Å². The Bertz CT molecular complexity index is 1080. The van der Waals surface area contributed by atoms with Crippen molar-refractivity contribution in [2.75, 3.05) is 6.79 Å². The van der Waals surface area contributed by atoms with Crippen molar-refractivity contribution in [2.24, 2.45) is 0 Å². The minimum absolute atomic E-state index is 0.0126. The van der Waals surface area contributed by atoms with Gasteiger partial charge in [0, 0.05) is 5.69 Å². The molecule has 0 atom stereocenters. The number of hydrogen-bond donors (Lipinski definition) is 0. The monoisotopic (exact) mass is 419 g/mol. The van der Waals surface area contributed by atoms with Crippen LogP contribution in [0.3, 0.4) is 0 Å². The van der Waals surface area contributed by atoms with Gasteiger partial charge in [0.2, 0.25) is 6.79 Å². The van der Waals surface area contributed by atoms with Gasteiger partial charge in [-0.25, -0.2) is 14.5 Å². The molecule has 0 saturated carbocycles. The molecule has 0 unspecified atom stereocenters. The van der Waals surface area contributed by atoms with E-state index in [1.165, 1.54) is 0 Å². The molecule has 2 aromatic heterocycles. The number of rotatable bonds is 4. The molecule has 0 spiro atoms. The number of fused-ring (bicyclic) bond motifs is 1. The first-order chi connectivity index (χ1) is 13.4. The molecule has 28 heavy (non-hydrogen) atoms. The Morgan fingerprint density at radius 1 is 1.18 bits per heavy atom. The van der Waals surface area contributed by atoms with Crippen LogP contribution < -0.4 is 9.47 Å². The largest absolute Gasteiger partial charge is 0.456 e. The van der Waals surface area contributed by atoms with Crippen molar-refractivity contribution in [1.82, 2.24) is 14.8 Å². The average Bonchev–Trinajstić information content (AvgIpc) is 3.26. The average molecular weight is 420 g/mol. The molecule has 0 aliphatic carbocycles. The third-order valence-corrected chi connectivity index (χ3v) is 4.69. The van der Waals surface area contributed by atoms with Crippen LogP contribution in [0.15, 0.2) is 30.3 Å². The maximum atomic E-state index is 12.5. The second kappa shape index (κ2) is 7.33. The molecule has 1 aromatic carbocycles. The number of hydrogen-bond acceptors (Lipinski definition) is 6. The smallest absolute Gasteiger partial charge is 0.358 e. The van der Waals surface area contributed by atoms with Gasteiger partial charge in [0.05, 0.1) is 15.7 Å². The van der Waals surface area contributed by atoms with Crippen LogP contribution in [-0.4, -0.2) is 27.5 Å². The van der Waals surface area contributed by atoms with E-state index in [9.17, 15) is 4.79 Å². The lowest BCUT2D eigenvalue weighted by atomic mass is 10.2. The molecule has 3 aromatic rings. The second-order valence-electron chi connectivity index (χ2n) is 6.23. The fraction of sp³-hybridized carbons (Fsp3) is 0.211. The van der Waals surface area contributed by atoms with E-state index < -0.39 is 5.97 Å². The van der Waals surface area contributed by atoms with E-state index in [0.29, 0.717) is 27.9 Å². The number of esters is 1. The number of pyridine rings is 1. The van der Waals surface area contributed by atoms with Crippen LogP contribution in [0.2, 0.25) is 10.0 Å². The maximum Gasteiger partial charge on any atom is 0.358 e. The summed E-state index contributed by atoms with van der Waals surface area (Å²) in [5, 5.41) is 4.95. The van der Waals surface area contributed by atoms with E-state index in [4.69, 9.17) is 37.4 Å². The zero-order valence-electron chi connectivity index (χ0n) is 15.0. The van der Waals surface area contributed by atoms with Crippen LogP contribution in [0.4, 0.5) is 0 Å². The van der Waals surface area contributed by atoms with Crippen molar-refractivity contribution in [2.45, 2.75) is 20.5 Å². The predicted molar refractivity (Wildman–Crippen MR) is 103 cm³/mol. The first kappa shape index (κ1) is 18.6. The summed E-state index contributed by atoms with van der Waals surface area (Å²) >= 11 is 12.3. The Labute approximate surface area is 170 Å². The standard InChI is InChI=1S/C19H15Cl2N3O4/c1-10-5-11(2)24(23-10)16-4-3-13(20)17(22-16)19(25)26-8-12-6-14(21)18-15(7-12)27-9-28-18/h3-7H,8-9H2,1-2H3. The summed E-state index contributed by atoms with van der Waals surface area (Å²) in [6.45, 7) is 3.87. The zero-order valence-corrected chi connectivity index (χ0v) is 16.5. The molecule has 144 valence electrons. The summed E-state index contributed by atoms with van der Waals surface area (Å²) in [7, 11) is 0. The number of nitrogens with zero attached hydrogens (tertiary/aromatic N) is 3. The normalized spacial score (nSPS) is 12.3. The van der Waals surface area contributed by atoms with Gasteiger partial charge in [0.15, 0.2) is 23.0 Å². The highest BCUT2D eigenvalue weighted by molar-refractivity contribution is 6.33. The molecule has 3 heterocycles. The van der Waals surface area contributed by atoms with Gasteiger partial charge >= 0.3 is 5.97 Å². The van der Waals surface area contributed by atoms with E-state index >= 15 is 0 Å². The Balaban J connectivity index is 1.54. The SMILES string of the molecule is Cc1cc(C)n(-c2ccc(Cl)c(C(=O)OCc3cc(Cl)c4c(c3)OCO4)n2)n1. The second-order valence-corrected chi connectivity index (χ2v) is 7.04. The van der Waals surface area contributed by atoms with Crippen molar-refractivity contribution < 1.29 is 19.0 Å². The van der Waals surface area contributed by atoms with Crippen LogP contribution in [-0.2, 0) is 11.3 Å². The molecule has 0 bridgehead atoms. The van der Waals surface area contributed by atoms with Crippen LogP contribution in [0, 0.1) is 13.8 Å². The minimum Gasteiger partial charge on any atom is -0.456 e. The summed E-state index contributed by atoms with van der Waals surface area (Å²) in [6.07, 6.45) is 0. The Morgan fingerprint density at radius 2 is 2.00 bits per heavy atom. The summed E-state index contributed by atoms with van der Waals surface area (Å²) in [6, 6.07) is 8.56. The Morgan fingerprint density at radius 3 is 2.75 bits per heavy atom. The van der Waals surface area contributed by atoms with Crippen molar-refractivity contribution >= 4 is 29.2 Å².